The molecule has 1 nitrogen and oxygen atoms in total. The maximum absolute atomic E-state index is 9.56. The van der Waals surface area contributed by atoms with Gasteiger partial charge in [-0.05, 0) is 49.1 Å². The van der Waals surface area contributed by atoms with Crippen molar-refractivity contribution in [3.05, 3.63) is 29.8 Å². The number of aliphatic hydroxyl groups is 1. The number of rotatable bonds is 2. The Bertz CT molecular complexity index is 377. The molecule has 3 unspecified atom stereocenters. The first-order chi connectivity index (χ1) is 7.83. The van der Waals surface area contributed by atoms with Gasteiger partial charge in [-0.2, -0.15) is 0 Å². The minimum Gasteiger partial charge on any atom is -0.393 e. The van der Waals surface area contributed by atoms with Crippen molar-refractivity contribution < 1.29 is 5.11 Å². The second-order valence-electron chi connectivity index (χ2n) is 5.11. The summed E-state index contributed by atoms with van der Waals surface area (Å²) in [6, 6.07) is 8.81. The average molecular weight is 234 g/mol. The lowest BCUT2D eigenvalue weighted by atomic mass is 9.89. The Morgan fingerprint density at radius 1 is 1.25 bits per heavy atom. The molecule has 1 aromatic carbocycles. The highest BCUT2D eigenvalue weighted by molar-refractivity contribution is 7.99. The first-order valence-electron chi connectivity index (χ1n) is 6.22. The van der Waals surface area contributed by atoms with Crippen LogP contribution in [-0.2, 0) is 0 Å². The molecule has 3 rings (SSSR count). The predicted octanol–water partition coefficient (Wildman–Crippen LogP) is 3.43. The van der Waals surface area contributed by atoms with Gasteiger partial charge in [0.15, 0.2) is 0 Å². The lowest BCUT2D eigenvalue weighted by molar-refractivity contribution is 0.176. The highest BCUT2D eigenvalue weighted by Gasteiger charge is 2.29. The predicted molar refractivity (Wildman–Crippen MR) is 67.9 cm³/mol. The smallest absolute Gasteiger partial charge is 0.0543 e. The van der Waals surface area contributed by atoms with Crippen LogP contribution in [0.15, 0.2) is 29.2 Å². The molecule has 0 bridgehead atoms. The fourth-order valence-electron chi connectivity index (χ4n) is 3.09. The van der Waals surface area contributed by atoms with E-state index in [2.05, 4.69) is 24.3 Å². The molecule has 0 amide bonds. The van der Waals surface area contributed by atoms with Crippen molar-refractivity contribution in [2.24, 2.45) is 5.92 Å². The summed E-state index contributed by atoms with van der Waals surface area (Å²) in [6.07, 6.45) is 4.54. The molecule has 0 spiro atoms. The van der Waals surface area contributed by atoms with E-state index in [1.807, 2.05) is 11.8 Å². The van der Waals surface area contributed by atoms with Crippen LogP contribution >= 0.6 is 11.8 Å². The third-order valence-electron chi connectivity index (χ3n) is 3.93. The number of hydrogen-bond donors (Lipinski definition) is 1. The SMILES string of the molecule is OC1CCC(CC2CSc3ccccc32)C1. The van der Waals surface area contributed by atoms with E-state index in [0.717, 1.165) is 24.7 Å². The summed E-state index contributed by atoms with van der Waals surface area (Å²) in [5, 5.41) is 9.56. The summed E-state index contributed by atoms with van der Waals surface area (Å²) in [4.78, 5) is 1.48. The van der Waals surface area contributed by atoms with Crippen LogP contribution in [0.1, 0.15) is 37.2 Å². The van der Waals surface area contributed by atoms with Crippen LogP contribution in [0.5, 0.6) is 0 Å². The summed E-state index contributed by atoms with van der Waals surface area (Å²) >= 11 is 2.00. The van der Waals surface area contributed by atoms with E-state index in [0.29, 0.717) is 0 Å². The second kappa shape index (κ2) is 4.42. The molecule has 1 heterocycles. The van der Waals surface area contributed by atoms with E-state index in [1.54, 1.807) is 5.56 Å². The van der Waals surface area contributed by atoms with E-state index in [9.17, 15) is 5.11 Å². The van der Waals surface area contributed by atoms with Crippen LogP contribution in [0, 0.1) is 5.92 Å². The Morgan fingerprint density at radius 3 is 2.94 bits per heavy atom. The van der Waals surface area contributed by atoms with E-state index < -0.39 is 0 Å². The van der Waals surface area contributed by atoms with Gasteiger partial charge in [-0.15, -0.1) is 11.8 Å². The summed E-state index contributed by atoms with van der Waals surface area (Å²) in [5.74, 6) is 2.73. The minimum absolute atomic E-state index is 0.0192. The zero-order valence-corrected chi connectivity index (χ0v) is 10.2. The summed E-state index contributed by atoms with van der Waals surface area (Å²) in [7, 11) is 0. The molecule has 16 heavy (non-hydrogen) atoms. The number of hydrogen-bond acceptors (Lipinski definition) is 2. The second-order valence-corrected chi connectivity index (χ2v) is 6.18. The van der Waals surface area contributed by atoms with Crippen molar-refractivity contribution in [2.75, 3.05) is 5.75 Å². The zero-order valence-electron chi connectivity index (χ0n) is 9.43. The van der Waals surface area contributed by atoms with Gasteiger partial charge in [-0.3, -0.25) is 0 Å². The Labute approximate surface area is 101 Å². The molecular weight excluding hydrogens is 216 g/mol. The molecule has 2 aliphatic rings. The highest BCUT2D eigenvalue weighted by atomic mass is 32.2. The molecular formula is C14H18OS. The topological polar surface area (TPSA) is 20.2 Å². The van der Waals surface area contributed by atoms with Gasteiger partial charge in [0.25, 0.3) is 0 Å². The van der Waals surface area contributed by atoms with Crippen LogP contribution in [-0.4, -0.2) is 17.0 Å². The van der Waals surface area contributed by atoms with Crippen LogP contribution in [0.25, 0.3) is 0 Å². The Balaban J connectivity index is 1.69. The van der Waals surface area contributed by atoms with Crippen molar-refractivity contribution >= 4 is 11.8 Å². The maximum atomic E-state index is 9.56. The highest BCUT2D eigenvalue weighted by Crippen LogP contribution is 2.44. The first kappa shape index (κ1) is 10.7. The van der Waals surface area contributed by atoms with Gasteiger partial charge in [-0.1, -0.05) is 18.2 Å². The molecule has 1 aliphatic carbocycles. The summed E-state index contributed by atoms with van der Waals surface area (Å²) in [6.45, 7) is 0. The lowest BCUT2D eigenvalue weighted by Crippen LogP contribution is -2.06. The number of fused-ring (bicyclic) bond motifs is 1. The van der Waals surface area contributed by atoms with Gasteiger partial charge >= 0.3 is 0 Å². The summed E-state index contributed by atoms with van der Waals surface area (Å²) in [5.41, 5.74) is 1.55. The standard InChI is InChI=1S/C14H18OS/c15-12-6-5-10(8-12)7-11-9-16-14-4-2-1-3-13(11)14/h1-4,10-12,15H,5-9H2. The largest absolute Gasteiger partial charge is 0.393 e. The van der Waals surface area contributed by atoms with Crippen LogP contribution in [0.4, 0.5) is 0 Å². The maximum Gasteiger partial charge on any atom is 0.0543 e. The van der Waals surface area contributed by atoms with Crippen molar-refractivity contribution in [1.82, 2.24) is 0 Å². The van der Waals surface area contributed by atoms with Gasteiger partial charge < -0.3 is 5.11 Å². The quantitative estimate of drug-likeness (QED) is 0.846. The van der Waals surface area contributed by atoms with Crippen LogP contribution in [0.2, 0.25) is 0 Å². The van der Waals surface area contributed by atoms with E-state index in [-0.39, 0.29) is 6.10 Å². The van der Waals surface area contributed by atoms with E-state index >= 15 is 0 Å². The van der Waals surface area contributed by atoms with E-state index in [4.69, 9.17) is 0 Å². The fourth-order valence-corrected chi connectivity index (χ4v) is 4.36. The van der Waals surface area contributed by atoms with Crippen LogP contribution in [0.3, 0.4) is 0 Å². The number of benzene rings is 1. The third-order valence-corrected chi connectivity index (χ3v) is 5.18. The monoisotopic (exact) mass is 234 g/mol. The first-order valence-corrected chi connectivity index (χ1v) is 7.21. The van der Waals surface area contributed by atoms with Crippen LogP contribution < -0.4 is 0 Å². The molecule has 2 heteroatoms. The van der Waals surface area contributed by atoms with Gasteiger partial charge in [0.2, 0.25) is 0 Å². The normalized spacial score (nSPS) is 32.9. The molecule has 1 aliphatic heterocycles. The molecule has 0 saturated heterocycles. The Hall–Kier alpha value is -0.470. The number of aliphatic hydroxyl groups excluding tert-OH is 1. The van der Waals surface area contributed by atoms with Crippen molar-refractivity contribution in [1.29, 1.82) is 0 Å². The average Bonchev–Trinajstić information content (AvgIpc) is 2.87. The molecule has 1 N–H and O–H groups in total. The molecule has 1 aromatic rings. The van der Waals surface area contributed by atoms with Crippen molar-refractivity contribution in [3.63, 3.8) is 0 Å². The van der Waals surface area contributed by atoms with Crippen molar-refractivity contribution in [3.8, 4) is 0 Å². The fraction of sp³-hybridized carbons (Fsp3) is 0.571. The zero-order chi connectivity index (χ0) is 11.0. The van der Waals surface area contributed by atoms with Gasteiger partial charge in [-0.25, -0.2) is 0 Å². The number of thioether (sulfide) groups is 1. The molecule has 3 atom stereocenters. The van der Waals surface area contributed by atoms with Gasteiger partial charge in [0, 0.05) is 10.6 Å². The van der Waals surface area contributed by atoms with Crippen molar-refractivity contribution in [2.45, 2.75) is 42.6 Å². The van der Waals surface area contributed by atoms with E-state index in [1.165, 1.54) is 23.5 Å². The Kier molecular flexibility index (Phi) is 2.95. The molecule has 1 saturated carbocycles. The molecule has 0 aromatic heterocycles. The summed E-state index contributed by atoms with van der Waals surface area (Å²) < 4.78 is 0. The third kappa shape index (κ3) is 2.01. The Morgan fingerprint density at radius 2 is 2.12 bits per heavy atom. The molecule has 0 radical (unpaired) electrons. The lowest BCUT2D eigenvalue weighted by Gasteiger charge is -2.15. The molecule has 1 fully saturated rings. The minimum atomic E-state index is -0.0192. The van der Waals surface area contributed by atoms with Gasteiger partial charge in [0.1, 0.15) is 0 Å². The molecule has 86 valence electrons. The van der Waals surface area contributed by atoms with Gasteiger partial charge in [0.05, 0.1) is 6.10 Å².